The van der Waals surface area contributed by atoms with E-state index in [-0.39, 0.29) is 24.4 Å². The first kappa shape index (κ1) is 25.9. The van der Waals surface area contributed by atoms with Gasteiger partial charge in [0.25, 0.3) is 0 Å². The van der Waals surface area contributed by atoms with Crippen molar-refractivity contribution in [3.63, 3.8) is 0 Å². The molecule has 1 unspecified atom stereocenters. The third-order valence-electron chi connectivity index (χ3n) is 5.29. The number of benzene rings is 2. The van der Waals surface area contributed by atoms with Crippen LogP contribution in [-0.4, -0.2) is 48.5 Å². The van der Waals surface area contributed by atoms with Gasteiger partial charge in [0, 0.05) is 12.0 Å². The van der Waals surface area contributed by atoms with Gasteiger partial charge >= 0.3 is 12.3 Å². The second-order valence-corrected chi connectivity index (χ2v) is 8.06. The molecule has 194 valence electrons. The standard InChI is InChI=1S/C24H20F6N6O/c25-18-4-7-20(21(26)9-18)17(10-35-14-31-13-33-35)11-36-15-32-22(34-36)8-3-16-1-5-19(6-2-16)37-12-24(29,30)23(27)28/h1-9,13-15,17,23H,10-12H2/b8-3+. The molecule has 0 amide bonds. The molecule has 0 spiro atoms. The van der Waals surface area contributed by atoms with E-state index in [2.05, 4.69) is 20.2 Å². The van der Waals surface area contributed by atoms with E-state index in [1.54, 1.807) is 24.3 Å². The molecule has 0 N–H and O–H groups in total. The molecule has 0 radical (unpaired) electrons. The van der Waals surface area contributed by atoms with E-state index in [0.29, 0.717) is 11.4 Å². The molecule has 0 fully saturated rings. The molecule has 0 aliphatic rings. The highest BCUT2D eigenvalue weighted by Crippen LogP contribution is 2.25. The van der Waals surface area contributed by atoms with Crippen molar-refractivity contribution in [1.82, 2.24) is 29.5 Å². The summed E-state index contributed by atoms with van der Waals surface area (Å²) in [4.78, 5) is 8.09. The molecular formula is C24H20F6N6O. The third-order valence-corrected chi connectivity index (χ3v) is 5.29. The Labute approximate surface area is 207 Å². The smallest absolute Gasteiger partial charge is 0.340 e. The average Bonchev–Trinajstić information content (AvgIpc) is 3.54. The minimum Gasteiger partial charge on any atom is -0.487 e. The van der Waals surface area contributed by atoms with Crippen molar-refractivity contribution in [1.29, 1.82) is 0 Å². The third kappa shape index (κ3) is 6.96. The van der Waals surface area contributed by atoms with E-state index in [9.17, 15) is 26.3 Å². The Hall–Kier alpha value is -4.16. The van der Waals surface area contributed by atoms with Gasteiger partial charge in [0.05, 0.1) is 13.1 Å². The summed E-state index contributed by atoms with van der Waals surface area (Å²) >= 11 is 0. The second kappa shape index (κ2) is 11.3. The van der Waals surface area contributed by atoms with E-state index < -0.39 is 36.5 Å². The highest BCUT2D eigenvalue weighted by molar-refractivity contribution is 5.66. The van der Waals surface area contributed by atoms with Crippen LogP contribution in [0.5, 0.6) is 5.75 Å². The van der Waals surface area contributed by atoms with Crippen molar-refractivity contribution in [2.45, 2.75) is 31.4 Å². The molecule has 0 saturated heterocycles. The van der Waals surface area contributed by atoms with Gasteiger partial charge in [-0.2, -0.15) is 19.0 Å². The maximum absolute atomic E-state index is 14.5. The Bertz CT molecular complexity index is 1320. The number of ether oxygens (including phenoxy) is 1. The predicted octanol–water partition coefficient (Wildman–Crippen LogP) is 5.08. The molecule has 2 aromatic heterocycles. The topological polar surface area (TPSA) is 70.7 Å². The molecule has 37 heavy (non-hydrogen) atoms. The number of rotatable bonds is 11. The van der Waals surface area contributed by atoms with Gasteiger partial charge in [-0.15, -0.1) is 0 Å². The van der Waals surface area contributed by atoms with Gasteiger partial charge in [-0.1, -0.05) is 24.3 Å². The molecule has 2 heterocycles. The lowest BCUT2D eigenvalue weighted by Gasteiger charge is -2.18. The second-order valence-electron chi connectivity index (χ2n) is 8.06. The van der Waals surface area contributed by atoms with Gasteiger partial charge < -0.3 is 4.74 Å². The molecule has 0 aliphatic carbocycles. The first-order valence-electron chi connectivity index (χ1n) is 10.9. The van der Waals surface area contributed by atoms with Crippen molar-refractivity contribution >= 4 is 12.2 Å². The van der Waals surface area contributed by atoms with Crippen LogP contribution in [0.25, 0.3) is 12.2 Å². The van der Waals surface area contributed by atoms with Gasteiger partial charge in [-0.3, -0.25) is 9.36 Å². The van der Waals surface area contributed by atoms with Crippen LogP contribution in [0, 0.1) is 11.6 Å². The van der Waals surface area contributed by atoms with Crippen LogP contribution >= 0.6 is 0 Å². The monoisotopic (exact) mass is 522 g/mol. The van der Waals surface area contributed by atoms with Crippen LogP contribution in [0.1, 0.15) is 22.9 Å². The van der Waals surface area contributed by atoms with Gasteiger partial charge in [0.2, 0.25) is 0 Å². The summed E-state index contributed by atoms with van der Waals surface area (Å²) in [5.41, 5.74) is 0.944. The Morgan fingerprint density at radius 1 is 0.946 bits per heavy atom. The molecule has 4 rings (SSSR count). The summed E-state index contributed by atoms with van der Waals surface area (Å²) < 4.78 is 86.1. The summed E-state index contributed by atoms with van der Waals surface area (Å²) in [5, 5.41) is 8.40. The fourth-order valence-electron chi connectivity index (χ4n) is 3.43. The summed E-state index contributed by atoms with van der Waals surface area (Å²) in [5.74, 6) is -5.69. The van der Waals surface area contributed by atoms with Crippen LogP contribution in [0.2, 0.25) is 0 Å². The lowest BCUT2D eigenvalue weighted by atomic mass is 9.98. The van der Waals surface area contributed by atoms with E-state index in [1.165, 1.54) is 52.6 Å². The largest absolute Gasteiger partial charge is 0.487 e. The number of alkyl halides is 4. The van der Waals surface area contributed by atoms with Crippen LogP contribution < -0.4 is 4.74 Å². The molecule has 0 aliphatic heterocycles. The van der Waals surface area contributed by atoms with Crippen molar-refractivity contribution in [3.8, 4) is 5.75 Å². The Morgan fingerprint density at radius 3 is 2.38 bits per heavy atom. The lowest BCUT2D eigenvalue weighted by Crippen LogP contribution is -2.33. The van der Waals surface area contributed by atoms with E-state index >= 15 is 0 Å². The highest BCUT2D eigenvalue weighted by Gasteiger charge is 2.41. The summed E-state index contributed by atoms with van der Waals surface area (Å²) in [6, 6.07) is 9.23. The highest BCUT2D eigenvalue weighted by atomic mass is 19.3. The normalized spacial score (nSPS) is 12.9. The Balaban J connectivity index is 1.41. The van der Waals surface area contributed by atoms with Crippen LogP contribution in [0.15, 0.2) is 61.4 Å². The SMILES string of the molecule is Fc1ccc(C(Cn2cncn2)Cn2cnc(/C=C/c3ccc(OCC(F)(F)C(F)F)cc3)n2)c(F)c1. The molecule has 0 bridgehead atoms. The Morgan fingerprint density at radius 2 is 1.70 bits per heavy atom. The van der Waals surface area contributed by atoms with Crippen LogP contribution in [-0.2, 0) is 13.1 Å². The van der Waals surface area contributed by atoms with Crippen molar-refractivity contribution < 1.29 is 31.1 Å². The lowest BCUT2D eigenvalue weighted by molar-refractivity contribution is -0.148. The van der Waals surface area contributed by atoms with Crippen LogP contribution in [0.4, 0.5) is 26.3 Å². The van der Waals surface area contributed by atoms with Gasteiger partial charge in [0.1, 0.15) is 36.4 Å². The number of halogens is 6. The summed E-state index contributed by atoms with van der Waals surface area (Å²) in [6.07, 6.45) is 3.76. The van der Waals surface area contributed by atoms with Crippen LogP contribution in [0.3, 0.4) is 0 Å². The zero-order valence-electron chi connectivity index (χ0n) is 19.1. The minimum atomic E-state index is -4.24. The molecule has 7 nitrogen and oxygen atoms in total. The van der Waals surface area contributed by atoms with Crippen molar-refractivity contribution in [2.24, 2.45) is 0 Å². The number of hydrogen-bond donors (Lipinski definition) is 0. The Kier molecular flexibility index (Phi) is 7.89. The van der Waals surface area contributed by atoms with Crippen molar-refractivity contribution in [2.75, 3.05) is 6.61 Å². The predicted molar refractivity (Wildman–Crippen MR) is 121 cm³/mol. The van der Waals surface area contributed by atoms with E-state index in [1.807, 2.05) is 0 Å². The molecule has 1 atom stereocenters. The maximum atomic E-state index is 14.5. The van der Waals surface area contributed by atoms with Gasteiger partial charge in [0.15, 0.2) is 12.4 Å². The fraction of sp³-hybridized carbons (Fsp3) is 0.250. The number of aromatic nitrogens is 6. The molecular weight excluding hydrogens is 502 g/mol. The molecule has 0 saturated carbocycles. The summed E-state index contributed by atoms with van der Waals surface area (Å²) in [7, 11) is 0. The van der Waals surface area contributed by atoms with E-state index in [0.717, 1.165) is 6.07 Å². The molecule has 4 aromatic rings. The minimum absolute atomic E-state index is 0.0197. The first-order chi connectivity index (χ1) is 17.7. The van der Waals surface area contributed by atoms with E-state index in [4.69, 9.17) is 4.74 Å². The quantitative estimate of drug-likeness (QED) is 0.257. The molecule has 13 heteroatoms. The van der Waals surface area contributed by atoms with Gasteiger partial charge in [-0.05, 0) is 35.4 Å². The number of nitrogens with zero attached hydrogens (tertiary/aromatic N) is 6. The first-order valence-corrected chi connectivity index (χ1v) is 10.9. The van der Waals surface area contributed by atoms with Gasteiger partial charge in [-0.25, -0.2) is 27.5 Å². The average molecular weight is 522 g/mol. The molecule has 2 aromatic carbocycles. The van der Waals surface area contributed by atoms with Crippen molar-refractivity contribution in [3.05, 3.63) is 90.0 Å². The zero-order valence-corrected chi connectivity index (χ0v) is 19.1. The maximum Gasteiger partial charge on any atom is 0.340 e. The zero-order chi connectivity index (χ0) is 26.4. The number of hydrogen-bond acceptors (Lipinski definition) is 5. The fourth-order valence-corrected chi connectivity index (χ4v) is 3.43. The summed E-state index contributed by atoms with van der Waals surface area (Å²) in [6.45, 7) is -0.940.